The van der Waals surface area contributed by atoms with Crippen molar-refractivity contribution in [2.45, 2.75) is 0 Å². The van der Waals surface area contributed by atoms with Crippen LogP contribution >= 0.6 is 23.2 Å². The van der Waals surface area contributed by atoms with Gasteiger partial charge in [-0.3, -0.25) is 4.79 Å². The van der Waals surface area contributed by atoms with E-state index in [0.29, 0.717) is 32.8 Å². The topological polar surface area (TPSA) is 59.8 Å². The summed E-state index contributed by atoms with van der Waals surface area (Å²) >= 11 is 12.0. The van der Waals surface area contributed by atoms with Crippen LogP contribution in [0.1, 0.15) is 10.6 Å². The van der Waals surface area contributed by atoms with E-state index in [1.54, 1.807) is 60.7 Å². The summed E-state index contributed by atoms with van der Waals surface area (Å²) in [5.74, 6) is -0.505. The van der Waals surface area contributed by atoms with E-state index in [1.165, 1.54) is 16.8 Å². The number of nitrogens with one attached hydrogen (secondary N) is 1. The number of aromatic nitrogens is 3. The van der Waals surface area contributed by atoms with Crippen molar-refractivity contribution < 1.29 is 9.18 Å². The molecule has 29 heavy (non-hydrogen) atoms. The van der Waals surface area contributed by atoms with E-state index in [0.717, 1.165) is 0 Å². The maximum Gasteiger partial charge on any atom is 0.295 e. The molecule has 144 valence electrons. The van der Waals surface area contributed by atoms with Gasteiger partial charge in [0.05, 0.1) is 5.69 Å². The first-order valence-electron chi connectivity index (χ1n) is 8.55. The Morgan fingerprint density at radius 3 is 2.34 bits per heavy atom. The third-order valence-corrected chi connectivity index (χ3v) is 4.55. The fourth-order valence-corrected chi connectivity index (χ4v) is 3.02. The van der Waals surface area contributed by atoms with Crippen LogP contribution in [0.5, 0.6) is 0 Å². The monoisotopic (exact) mass is 426 g/mol. The molecule has 0 radical (unpaired) electrons. The number of rotatable bonds is 4. The molecule has 0 unspecified atom stereocenters. The van der Waals surface area contributed by atoms with Crippen molar-refractivity contribution in [3.05, 3.63) is 94.5 Å². The van der Waals surface area contributed by atoms with Gasteiger partial charge in [0.15, 0.2) is 5.82 Å². The first-order valence-corrected chi connectivity index (χ1v) is 9.31. The molecule has 0 saturated heterocycles. The molecule has 1 amide bonds. The highest BCUT2D eigenvalue weighted by atomic mass is 35.5. The van der Waals surface area contributed by atoms with E-state index in [1.807, 2.05) is 0 Å². The molecular weight excluding hydrogens is 414 g/mol. The van der Waals surface area contributed by atoms with E-state index in [-0.39, 0.29) is 11.6 Å². The van der Waals surface area contributed by atoms with Gasteiger partial charge in [-0.05, 0) is 60.7 Å². The number of hydrogen-bond acceptors (Lipinski definition) is 3. The van der Waals surface area contributed by atoms with Gasteiger partial charge in [0.2, 0.25) is 5.82 Å². The molecule has 0 bridgehead atoms. The molecule has 1 aromatic heterocycles. The molecule has 4 rings (SSSR count). The fourth-order valence-electron chi connectivity index (χ4n) is 2.71. The molecule has 0 aliphatic rings. The van der Waals surface area contributed by atoms with Gasteiger partial charge in [0, 0.05) is 21.3 Å². The summed E-state index contributed by atoms with van der Waals surface area (Å²) in [4.78, 5) is 17.1. The first kappa shape index (κ1) is 19.1. The summed E-state index contributed by atoms with van der Waals surface area (Å²) in [7, 11) is 0. The average molecular weight is 427 g/mol. The Labute approximate surface area is 175 Å². The van der Waals surface area contributed by atoms with Gasteiger partial charge in [0.25, 0.3) is 5.91 Å². The number of carbonyl (C=O) groups is 1. The Hall–Kier alpha value is -3.22. The summed E-state index contributed by atoms with van der Waals surface area (Å²) in [6, 6.07) is 19.4. The summed E-state index contributed by atoms with van der Waals surface area (Å²) in [5, 5.41) is 8.14. The van der Waals surface area contributed by atoms with Gasteiger partial charge in [-0.2, -0.15) is 0 Å². The quantitative estimate of drug-likeness (QED) is 0.459. The molecule has 0 aliphatic carbocycles. The third-order valence-electron chi connectivity index (χ3n) is 4.07. The number of nitrogens with zero attached hydrogens (tertiary/aromatic N) is 3. The predicted octanol–water partition coefficient (Wildman–Crippen LogP) is 5.63. The van der Waals surface area contributed by atoms with Crippen molar-refractivity contribution in [1.29, 1.82) is 0 Å². The summed E-state index contributed by atoms with van der Waals surface area (Å²) in [6.45, 7) is 0. The number of benzene rings is 3. The lowest BCUT2D eigenvalue weighted by molar-refractivity contribution is 0.101. The minimum atomic E-state index is -0.489. The van der Waals surface area contributed by atoms with Crippen LogP contribution in [-0.4, -0.2) is 20.7 Å². The number of hydrogen-bond donors (Lipinski definition) is 1. The molecular formula is C21H13Cl2FN4O. The van der Waals surface area contributed by atoms with Crippen LogP contribution in [0.3, 0.4) is 0 Å². The summed E-state index contributed by atoms with van der Waals surface area (Å²) < 4.78 is 14.8. The maximum atomic E-state index is 13.3. The zero-order chi connectivity index (χ0) is 20.4. The highest BCUT2D eigenvalue weighted by Gasteiger charge is 2.19. The van der Waals surface area contributed by atoms with Gasteiger partial charge >= 0.3 is 0 Å². The normalized spacial score (nSPS) is 10.7. The first-order chi connectivity index (χ1) is 14.0. The lowest BCUT2D eigenvalue weighted by atomic mass is 10.2. The Bertz CT molecular complexity index is 1170. The summed E-state index contributed by atoms with van der Waals surface area (Å²) in [5.41, 5.74) is 1.78. The number of anilines is 1. The maximum absolute atomic E-state index is 13.3. The molecule has 8 heteroatoms. The standard InChI is InChI=1S/C21H13Cl2FN4O/c22-14-4-8-17(9-5-14)25-21(29)19-26-20(13-2-1-3-15(23)12-13)28(27-19)18-10-6-16(24)7-11-18/h1-12H,(H,25,29). The van der Waals surface area contributed by atoms with Gasteiger partial charge < -0.3 is 5.32 Å². The van der Waals surface area contributed by atoms with Crippen LogP contribution in [0.25, 0.3) is 17.1 Å². The molecule has 0 saturated carbocycles. The molecule has 0 atom stereocenters. The lowest BCUT2D eigenvalue weighted by Crippen LogP contribution is -2.14. The average Bonchev–Trinajstić information content (AvgIpc) is 3.16. The van der Waals surface area contributed by atoms with E-state index < -0.39 is 5.91 Å². The van der Waals surface area contributed by atoms with Crippen LogP contribution < -0.4 is 5.32 Å². The Morgan fingerprint density at radius 2 is 1.66 bits per heavy atom. The number of carbonyl (C=O) groups excluding carboxylic acids is 1. The molecule has 0 spiro atoms. The Kier molecular flexibility index (Phi) is 5.29. The third kappa shape index (κ3) is 4.29. The van der Waals surface area contributed by atoms with E-state index in [9.17, 15) is 9.18 Å². The number of amides is 1. The van der Waals surface area contributed by atoms with Gasteiger partial charge in [-0.1, -0.05) is 35.3 Å². The minimum absolute atomic E-state index is 0.0424. The highest BCUT2D eigenvalue weighted by molar-refractivity contribution is 6.31. The van der Waals surface area contributed by atoms with Gasteiger partial charge in [0.1, 0.15) is 5.82 Å². The molecule has 1 heterocycles. The molecule has 0 aliphatic heterocycles. The lowest BCUT2D eigenvalue weighted by Gasteiger charge is -2.06. The van der Waals surface area contributed by atoms with Crippen molar-refractivity contribution >= 4 is 34.8 Å². The van der Waals surface area contributed by atoms with E-state index >= 15 is 0 Å². The van der Waals surface area contributed by atoms with Crippen LogP contribution in [0, 0.1) is 5.82 Å². The summed E-state index contributed by atoms with van der Waals surface area (Å²) in [6.07, 6.45) is 0. The highest BCUT2D eigenvalue weighted by Crippen LogP contribution is 2.24. The molecule has 5 nitrogen and oxygen atoms in total. The molecule has 4 aromatic rings. The zero-order valence-electron chi connectivity index (χ0n) is 14.8. The van der Waals surface area contributed by atoms with Gasteiger partial charge in [-0.25, -0.2) is 14.1 Å². The van der Waals surface area contributed by atoms with Crippen LogP contribution in [0.2, 0.25) is 10.0 Å². The zero-order valence-corrected chi connectivity index (χ0v) is 16.3. The molecule has 1 N–H and O–H groups in total. The SMILES string of the molecule is O=C(Nc1ccc(Cl)cc1)c1nc(-c2cccc(Cl)c2)n(-c2ccc(F)cc2)n1. The van der Waals surface area contributed by atoms with Crippen molar-refractivity contribution in [2.24, 2.45) is 0 Å². The second kappa shape index (κ2) is 8.03. The second-order valence-electron chi connectivity index (χ2n) is 6.12. The molecule has 0 fully saturated rings. The minimum Gasteiger partial charge on any atom is -0.319 e. The largest absolute Gasteiger partial charge is 0.319 e. The Morgan fingerprint density at radius 1 is 0.931 bits per heavy atom. The number of halogens is 3. The smallest absolute Gasteiger partial charge is 0.295 e. The predicted molar refractivity (Wildman–Crippen MR) is 111 cm³/mol. The van der Waals surface area contributed by atoms with Crippen molar-refractivity contribution in [3.63, 3.8) is 0 Å². The second-order valence-corrected chi connectivity index (χ2v) is 6.99. The van der Waals surface area contributed by atoms with Crippen LogP contribution in [-0.2, 0) is 0 Å². The van der Waals surface area contributed by atoms with E-state index in [2.05, 4.69) is 15.4 Å². The van der Waals surface area contributed by atoms with Crippen LogP contribution in [0.15, 0.2) is 72.8 Å². The van der Waals surface area contributed by atoms with Crippen molar-refractivity contribution in [2.75, 3.05) is 5.32 Å². The van der Waals surface area contributed by atoms with Gasteiger partial charge in [-0.15, -0.1) is 5.10 Å². The Balaban J connectivity index is 1.75. The van der Waals surface area contributed by atoms with Crippen LogP contribution in [0.4, 0.5) is 10.1 Å². The van der Waals surface area contributed by atoms with Crippen molar-refractivity contribution in [3.8, 4) is 17.1 Å². The van der Waals surface area contributed by atoms with Crippen molar-refractivity contribution in [1.82, 2.24) is 14.8 Å². The fraction of sp³-hybridized carbons (Fsp3) is 0. The molecule has 3 aromatic carbocycles. The van der Waals surface area contributed by atoms with E-state index in [4.69, 9.17) is 23.2 Å².